The zero-order chi connectivity index (χ0) is 29.0. The van der Waals surface area contributed by atoms with E-state index in [1.54, 1.807) is 7.11 Å². The zero-order valence-corrected chi connectivity index (χ0v) is 23.9. The summed E-state index contributed by atoms with van der Waals surface area (Å²) in [6.07, 6.45) is 0.243. The van der Waals surface area contributed by atoms with Crippen molar-refractivity contribution < 1.29 is 32.2 Å². The first-order valence-corrected chi connectivity index (χ1v) is 13.1. The molecule has 0 radical (unpaired) electrons. The Hall–Kier alpha value is -2.74. The van der Waals surface area contributed by atoms with E-state index in [1.807, 2.05) is 26.0 Å². The predicted octanol–water partition coefficient (Wildman–Crippen LogP) is 7.33. The first kappa shape index (κ1) is 33.3. The van der Waals surface area contributed by atoms with Crippen molar-refractivity contribution in [1.82, 2.24) is 4.90 Å². The molecule has 0 aromatic heterocycles. The zero-order valence-electron chi connectivity index (χ0n) is 23.9. The second-order valence-corrected chi connectivity index (χ2v) is 9.61. The first-order chi connectivity index (χ1) is 18.0. The molecule has 0 N–H and O–H groups in total. The van der Waals surface area contributed by atoms with Crippen LogP contribution in [0.5, 0.6) is 11.5 Å². The standard InChI is InChI=1S/C28H38F3NO4.C2H6/c1-8-10-20(9-2)26(28(29,30)31)27(33)36-17-23-22-15-25(35-7)24(34-6)14-21(22)11-12-32(23)16-19(5)13-18(3)4;1-2/h8-10,14-15,18-19,23,26H,1-2,11-13,16-17H2,3-7H3;1-2H3/b20-10+;/t19-,23+,26+;/m0./s1. The topological polar surface area (TPSA) is 48.0 Å². The van der Waals surface area contributed by atoms with Crippen LogP contribution in [-0.2, 0) is 16.0 Å². The Morgan fingerprint density at radius 3 is 2.24 bits per heavy atom. The van der Waals surface area contributed by atoms with Gasteiger partial charge in [0, 0.05) is 13.1 Å². The van der Waals surface area contributed by atoms with Gasteiger partial charge in [-0.1, -0.05) is 66.0 Å². The highest BCUT2D eigenvalue weighted by atomic mass is 19.4. The molecule has 38 heavy (non-hydrogen) atoms. The number of alkyl halides is 3. The molecule has 0 saturated carbocycles. The van der Waals surface area contributed by atoms with Crippen LogP contribution in [0.4, 0.5) is 13.2 Å². The van der Waals surface area contributed by atoms with E-state index in [0.717, 1.165) is 42.7 Å². The van der Waals surface area contributed by atoms with Crippen molar-refractivity contribution in [3.05, 3.63) is 60.2 Å². The second-order valence-electron chi connectivity index (χ2n) is 9.61. The molecule has 0 unspecified atom stereocenters. The largest absolute Gasteiger partial charge is 0.493 e. The third-order valence-electron chi connectivity index (χ3n) is 6.36. The lowest BCUT2D eigenvalue weighted by Crippen LogP contribution is -2.42. The van der Waals surface area contributed by atoms with Gasteiger partial charge in [0.15, 0.2) is 17.4 Å². The van der Waals surface area contributed by atoms with Crippen LogP contribution in [0.25, 0.3) is 0 Å². The minimum Gasteiger partial charge on any atom is -0.493 e. The molecule has 3 atom stereocenters. The highest BCUT2D eigenvalue weighted by Gasteiger charge is 2.48. The summed E-state index contributed by atoms with van der Waals surface area (Å²) in [6.45, 7) is 18.5. The maximum Gasteiger partial charge on any atom is 0.406 e. The number of hydrogen-bond acceptors (Lipinski definition) is 5. The molecule has 1 aromatic carbocycles. The molecule has 8 heteroatoms. The van der Waals surface area contributed by atoms with E-state index < -0.39 is 24.1 Å². The summed E-state index contributed by atoms with van der Waals surface area (Å²) in [5, 5.41) is 0. The highest BCUT2D eigenvalue weighted by molar-refractivity contribution is 5.78. The first-order valence-electron chi connectivity index (χ1n) is 13.1. The van der Waals surface area contributed by atoms with Gasteiger partial charge in [-0.25, -0.2) is 0 Å². The summed E-state index contributed by atoms with van der Waals surface area (Å²) in [5.74, 6) is -1.83. The van der Waals surface area contributed by atoms with Gasteiger partial charge in [-0.15, -0.1) is 0 Å². The van der Waals surface area contributed by atoms with Crippen LogP contribution in [0.2, 0.25) is 0 Å². The van der Waals surface area contributed by atoms with Crippen molar-refractivity contribution in [2.75, 3.05) is 33.9 Å². The van der Waals surface area contributed by atoms with Crippen LogP contribution >= 0.6 is 0 Å². The van der Waals surface area contributed by atoms with Crippen LogP contribution in [-0.4, -0.2) is 51.0 Å². The quantitative estimate of drug-likeness (QED) is 0.206. The van der Waals surface area contributed by atoms with E-state index in [9.17, 15) is 18.0 Å². The molecule has 0 spiro atoms. The van der Waals surface area contributed by atoms with E-state index in [0.29, 0.717) is 29.9 Å². The molecule has 2 rings (SSSR count). The fourth-order valence-electron chi connectivity index (χ4n) is 4.89. The van der Waals surface area contributed by atoms with E-state index in [4.69, 9.17) is 14.2 Å². The molecule has 214 valence electrons. The smallest absolute Gasteiger partial charge is 0.406 e. The molecule has 1 aromatic rings. The van der Waals surface area contributed by atoms with Crippen LogP contribution < -0.4 is 9.47 Å². The summed E-state index contributed by atoms with van der Waals surface area (Å²) in [5.41, 5.74) is 1.55. The third-order valence-corrected chi connectivity index (χ3v) is 6.36. The molecule has 1 aliphatic heterocycles. The van der Waals surface area contributed by atoms with Gasteiger partial charge >= 0.3 is 12.1 Å². The molecule has 0 saturated heterocycles. The molecule has 0 amide bonds. The molecular formula is C30H44F3NO4. The number of fused-ring (bicyclic) bond motifs is 1. The summed E-state index contributed by atoms with van der Waals surface area (Å²) in [7, 11) is 3.08. The Bertz CT molecular complexity index is 956. The minimum atomic E-state index is -4.83. The monoisotopic (exact) mass is 539 g/mol. The molecular weight excluding hydrogens is 495 g/mol. The van der Waals surface area contributed by atoms with E-state index in [2.05, 4.69) is 38.8 Å². The van der Waals surface area contributed by atoms with Gasteiger partial charge in [0.1, 0.15) is 6.61 Å². The molecule has 5 nitrogen and oxygen atoms in total. The average Bonchev–Trinajstić information content (AvgIpc) is 2.86. The molecule has 1 aliphatic rings. The van der Waals surface area contributed by atoms with E-state index in [1.165, 1.54) is 13.2 Å². The minimum absolute atomic E-state index is 0.221. The van der Waals surface area contributed by atoms with Crippen LogP contribution in [0, 0.1) is 17.8 Å². The van der Waals surface area contributed by atoms with Crippen LogP contribution in [0.1, 0.15) is 58.2 Å². The molecule has 0 fully saturated rings. The number of benzene rings is 1. The third kappa shape index (κ3) is 8.93. The SMILES string of the molecule is C=C/C=C(\C=C)[C@H](C(=O)OC[C@@H]1c2cc(OC)c(OC)cc2CCN1C[C@@H](C)CC(C)C)C(F)(F)F.CC. The summed E-state index contributed by atoms with van der Waals surface area (Å²) in [6, 6.07) is 3.30. The molecule has 1 heterocycles. The maximum atomic E-state index is 13.8. The van der Waals surface area contributed by atoms with Crippen molar-refractivity contribution in [2.24, 2.45) is 17.8 Å². The number of carbonyl (C=O) groups excluding carboxylic acids is 1. The highest BCUT2D eigenvalue weighted by Crippen LogP contribution is 2.40. The van der Waals surface area contributed by atoms with Crippen LogP contribution in [0.15, 0.2) is 49.1 Å². The van der Waals surface area contributed by atoms with E-state index in [-0.39, 0.29) is 12.2 Å². The van der Waals surface area contributed by atoms with Crippen LogP contribution in [0.3, 0.4) is 0 Å². The maximum absolute atomic E-state index is 13.8. The van der Waals surface area contributed by atoms with E-state index >= 15 is 0 Å². The van der Waals surface area contributed by atoms with Crippen molar-refractivity contribution >= 4 is 5.97 Å². The lowest BCUT2D eigenvalue weighted by atomic mass is 9.90. The average molecular weight is 540 g/mol. The Balaban J connectivity index is 0.00000352. The Morgan fingerprint density at radius 2 is 1.74 bits per heavy atom. The van der Waals surface area contributed by atoms with Gasteiger partial charge in [0.05, 0.1) is 20.3 Å². The number of halogens is 3. The van der Waals surface area contributed by atoms with Gasteiger partial charge in [0.25, 0.3) is 0 Å². The number of esters is 1. The number of rotatable bonds is 12. The fourth-order valence-corrected chi connectivity index (χ4v) is 4.89. The van der Waals surface area contributed by atoms with Crippen molar-refractivity contribution in [2.45, 2.75) is 59.7 Å². The number of nitrogens with zero attached hydrogens (tertiary/aromatic N) is 1. The second kappa shape index (κ2) is 15.6. The number of methoxy groups -OCH3 is 2. The Morgan fingerprint density at radius 1 is 1.13 bits per heavy atom. The molecule has 0 bridgehead atoms. The van der Waals surface area contributed by atoms with Crippen molar-refractivity contribution in [3.63, 3.8) is 0 Å². The summed E-state index contributed by atoms with van der Waals surface area (Å²) in [4.78, 5) is 15.0. The van der Waals surface area contributed by atoms with Gasteiger partial charge in [-0.2, -0.15) is 13.2 Å². The number of ether oxygens (including phenoxy) is 3. The van der Waals surface area contributed by atoms with Gasteiger partial charge < -0.3 is 14.2 Å². The Labute approximate surface area is 226 Å². The number of hydrogen-bond donors (Lipinski definition) is 0. The van der Waals surface area contributed by atoms with Crippen molar-refractivity contribution in [3.8, 4) is 11.5 Å². The van der Waals surface area contributed by atoms with Gasteiger partial charge in [-0.3, -0.25) is 9.69 Å². The summed E-state index contributed by atoms with van der Waals surface area (Å²) >= 11 is 0. The van der Waals surface area contributed by atoms with Gasteiger partial charge in [0.2, 0.25) is 0 Å². The van der Waals surface area contributed by atoms with Gasteiger partial charge in [-0.05, 0) is 53.5 Å². The predicted molar refractivity (Wildman–Crippen MR) is 147 cm³/mol. The fraction of sp³-hybridized carbons (Fsp3) is 0.567. The van der Waals surface area contributed by atoms with Crippen molar-refractivity contribution in [1.29, 1.82) is 0 Å². The lowest BCUT2D eigenvalue weighted by molar-refractivity contribution is -0.191. The summed E-state index contributed by atoms with van der Waals surface area (Å²) < 4.78 is 57.8. The number of carbonyl (C=O) groups is 1. The number of allylic oxidation sites excluding steroid dienone is 3. The Kier molecular flexibility index (Phi) is 13.7. The lowest BCUT2D eigenvalue weighted by Gasteiger charge is -2.39. The normalized spacial score (nSPS) is 17.4. The molecule has 0 aliphatic carbocycles.